The molecule has 0 saturated carbocycles. The number of nitrogens with zero attached hydrogens (tertiary/aromatic N) is 6. The molecule has 0 aliphatic carbocycles. The van der Waals surface area contributed by atoms with Crippen molar-refractivity contribution in [2.24, 2.45) is 0 Å². The summed E-state index contributed by atoms with van der Waals surface area (Å²) >= 11 is 0. The number of nitrogens with one attached hydrogen (secondary N) is 1. The van der Waals surface area contributed by atoms with Crippen molar-refractivity contribution >= 4 is 11.9 Å². The van der Waals surface area contributed by atoms with Crippen LogP contribution in [0.3, 0.4) is 0 Å². The fraction of sp³-hybridized carbons (Fsp3) is 0.591. The van der Waals surface area contributed by atoms with Crippen LogP contribution in [0, 0.1) is 0 Å². The van der Waals surface area contributed by atoms with Crippen molar-refractivity contribution in [1.29, 1.82) is 0 Å². The molecule has 1 atom stereocenters. The van der Waals surface area contributed by atoms with Gasteiger partial charge in [-0.2, -0.15) is 31.4 Å². The molecule has 202 valence electrons. The van der Waals surface area contributed by atoms with Crippen molar-refractivity contribution in [3.8, 4) is 0 Å². The van der Waals surface area contributed by atoms with Gasteiger partial charge in [-0.1, -0.05) is 0 Å². The Labute approximate surface area is 207 Å². The molecule has 1 amide bonds. The van der Waals surface area contributed by atoms with Crippen LogP contribution in [0.2, 0.25) is 0 Å². The van der Waals surface area contributed by atoms with Crippen LogP contribution in [-0.4, -0.2) is 75.1 Å². The third-order valence-electron chi connectivity index (χ3n) is 6.83. The number of carbonyl (C=O) groups is 1. The lowest BCUT2D eigenvalue weighted by Gasteiger charge is -2.37. The van der Waals surface area contributed by atoms with Crippen LogP contribution >= 0.6 is 0 Å². The lowest BCUT2D eigenvalue weighted by molar-refractivity contribution is -0.139. The van der Waals surface area contributed by atoms with Gasteiger partial charge in [-0.15, -0.1) is 0 Å². The van der Waals surface area contributed by atoms with E-state index in [1.165, 1.54) is 0 Å². The fourth-order valence-corrected chi connectivity index (χ4v) is 4.73. The Hall–Kier alpha value is -3.23. The summed E-state index contributed by atoms with van der Waals surface area (Å²) in [5.74, 6) is -0.0245. The van der Waals surface area contributed by atoms with Gasteiger partial charge in [0.05, 0.1) is 23.8 Å². The molecule has 4 heterocycles. The number of aromatic nitrogens is 4. The van der Waals surface area contributed by atoms with Crippen LogP contribution in [0.1, 0.15) is 48.5 Å². The molecule has 4 rings (SSSR count). The number of likely N-dealkylation sites (tertiary alicyclic amines) is 1. The van der Waals surface area contributed by atoms with E-state index in [1.54, 1.807) is 21.7 Å². The van der Waals surface area contributed by atoms with Crippen molar-refractivity contribution in [1.82, 2.24) is 30.0 Å². The summed E-state index contributed by atoms with van der Waals surface area (Å²) < 4.78 is 77.7. The summed E-state index contributed by atoms with van der Waals surface area (Å²) in [6.07, 6.45) is -5.59. The highest BCUT2D eigenvalue weighted by molar-refractivity contribution is 5.78. The average molecular weight is 533 g/mol. The molecule has 37 heavy (non-hydrogen) atoms. The predicted octanol–water partition coefficient (Wildman–Crippen LogP) is 2.86. The molecule has 2 aliphatic rings. The van der Waals surface area contributed by atoms with Gasteiger partial charge in [0.15, 0.2) is 0 Å². The highest BCUT2D eigenvalue weighted by Gasteiger charge is 2.37. The van der Waals surface area contributed by atoms with Crippen molar-refractivity contribution in [2.75, 3.05) is 38.1 Å². The third-order valence-corrected chi connectivity index (χ3v) is 6.83. The molecule has 0 radical (unpaired) electrons. The Morgan fingerprint density at radius 1 is 1.05 bits per heavy atom. The molecule has 2 aliphatic heterocycles. The van der Waals surface area contributed by atoms with Gasteiger partial charge in [0.25, 0.3) is 5.56 Å². The van der Waals surface area contributed by atoms with Crippen LogP contribution in [0.4, 0.5) is 32.3 Å². The highest BCUT2D eigenvalue weighted by atomic mass is 19.4. The van der Waals surface area contributed by atoms with Crippen LogP contribution in [0.25, 0.3) is 0 Å². The number of alkyl halides is 6. The zero-order chi connectivity index (χ0) is 27.0. The van der Waals surface area contributed by atoms with Gasteiger partial charge in [0.1, 0.15) is 5.56 Å². The second-order valence-corrected chi connectivity index (χ2v) is 9.15. The topological polar surface area (TPSA) is 98.3 Å². The normalized spacial score (nSPS) is 19.9. The van der Waals surface area contributed by atoms with Gasteiger partial charge in [-0.05, 0) is 38.3 Å². The zero-order valence-corrected chi connectivity index (χ0v) is 19.8. The summed E-state index contributed by atoms with van der Waals surface area (Å²) in [5, 5.41) is 5.71. The number of likely N-dealkylation sites (N-methyl/N-ethyl adjacent to an activating group) is 1. The molecule has 1 N–H and O–H groups in total. The smallest absolute Gasteiger partial charge is 0.342 e. The number of amides is 1. The number of halogens is 6. The first kappa shape index (κ1) is 26.8. The number of piperidine rings is 1. The molecular formula is C22H25F6N7O2. The van der Waals surface area contributed by atoms with Gasteiger partial charge in [-0.3, -0.25) is 14.5 Å². The molecule has 0 aromatic carbocycles. The molecular weight excluding hydrogens is 508 g/mol. The summed E-state index contributed by atoms with van der Waals surface area (Å²) in [5.41, 5.74) is -3.51. The minimum absolute atomic E-state index is 0.0223. The fourth-order valence-electron chi connectivity index (χ4n) is 4.73. The second-order valence-electron chi connectivity index (χ2n) is 9.15. The SMILES string of the molecule is CN(C(=O)CN1CCCC1c1cc(C(F)(F)F)c(=O)[nH]n1)C1CCN(c2ncc(C(F)(F)F)cn2)CC1. The lowest BCUT2D eigenvalue weighted by atomic mass is 10.0. The first-order chi connectivity index (χ1) is 17.3. The number of anilines is 1. The molecule has 2 saturated heterocycles. The van der Waals surface area contributed by atoms with E-state index in [0.717, 1.165) is 18.5 Å². The Morgan fingerprint density at radius 3 is 2.30 bits per heavy atom. The summed E-state index contributed by atoms with van der Waals surface area (Å²) in [7, 11) is 1.66. The van der Waals surface area contributed by atoms with E-state index < -0.39 is 35.1 Å². The minimum Gasteiger partial charge on any atom is -0.342 e. The van der Waals surface area contributed by atoms with Crippen LogP contribution in [-0.2, 0) is 17.1 Å². The van der Waals surface area contributed by atoms with E-state index in [1.807, 2.05) is 5.10 Å². The van der Waals surface area contributed by atoms with Gasteiger partial charge in [0, 0.05) is 38.6 Å². The molecule has 15 heteroatoms. The van der Waals surface area contributed by atoms with Gasteiger partial charge in [0.2, 0.25) is 11.9 Å². The molecule has 0 bridgehead atoms. The molecule has 2 aromatic rings. The number of carbonyl (C=O) groups excluding carboxylic acids is 1. The number of H-pyrrole nitrogens is 1. The lowest BCUT2D eigenvalue weighted by Crippen LogP contribution is -2.48. The van der Waals surface area contributed by atoms with Gasteiger partial charge < -0.3 is 9.80 Å². The van der Waals surface area contributed by atoms with Gasteiger partial charge >= 0.3 is 12.4 Å². The maximum Gasteiger partial charge on any atom is 0.421 e. The quantitative estimate of drug-likeness (QED) is 0.591. The number of hydrogen-bond donors (Lipinski definition) is 1. The van der Waals surface area contributed by atoms with Crippen LogP contribution in [0.15, 0.2) is 23.3 Å². The predicted molar refractivity (Wildman–Crippen MR) is 118 cm³/mol. The summed E-state index contributed by atoms with van der Waals surface area (Å²) in [6, 6.07) is 0.0888. The van der Waals surface area contributed by atoms with E-state index in [4.69, 9.17) is 0 Å². The van der Waals surface area contributed by atoms with Crippen molar-refractivity contribution < 1.29 is 31.1 Å². The monoisotopic (exact) mass is 533 g/mol. The van der Waals surface area contributed by atoms with E-state index >= 15 is 0 Å². The molecule has 2 aromatic heterocycles. The zero-order valence-electron chi connectivity index (χ0n) is 19.8. The van der Waals surface area contributed by atoms with Crippen molar-refractivity contribution in [3.05, 3.63) is 45.6 Å². The maximum absolute atomic E-state index is 13.2. The molecule has 1 unspecified atom stereocenters. The number of aromatic amines is 1. The van der Waals surface area contributed by atoms with Gasteiger partial charge in [-0.25, -0.2) is 15.1 Å². The second kappa shape index (κ2) is 10.3. The Balaban J connectivity index is 1.35. The average Bonchev–Trinajstić information content (AvgIpc) is 3.31. The van der Waals surface area contributed by atoms with Crippen molar-refractivity contribution in [3.63, 3.8) is 0 Å². The van der Waals surface area contributed by atoms with E-state index in [0.29, 0.717) is 45.3 Å². The summed E-state index contributed by atoms with van der Waals surface area (Å²) in [6.45, 7) is 1.37. The van der Waals surface area contributed by atoms with Crippen LogP contribution < -0.4 is 10.5 Å². The molecule has 2 fully saturated rings. The Kier molecular flexibility index (Phi) is 7.44. The van der Waals surface area contributed by atoms with Crippen molar-refractivity contribution in [2.45, 2.75) is 50.1 Å². The van der Waals surface area contributed by atoms with E-state index in [-0.39, 0.29) is 30.1 Å². The Morgan fingerprint density at radius 2 is 1.70 bits per heavy atom. The maximum atomic E-state index is 13.2. The number of hydrogen-bond acceptors (Lipinski definition) is 7. The van der Waals surface area contributed by atoms with Crippen LogP contribution in [0.5, 0.6) is 0 Å². The molecule has 0 spiro atoms. The first-order valence-electron chi connectivity index (χ1n) is 11.7. The minimum atomic E-state index is -4.81. The van der Waals surface area contributed by atoms with E-state index in [9.17, 15) is 35.9 Å². The molecule has 9 nitrogen and oxygen atoms in total. The first-order valence-corrected chi connectivity index (χ1v) is 11.7. The largest absolute Gasteiger partial charge is 0.421 e. The standard InChI is InChI=1S/C22H25F6N7O2/c1-33(14-4-7-34(8-5-14)20-29-10-13(11-30-20)21(23,24)25)18(36)12-35-6-2-3-17(35)16-9-15(22(26,27)28)19(37)32-31-16/h9-11,14,17H,2-8,12H2,1H3,(H,32,37). The summed E-state index contributed by atoms with van der Waals surface area (Å²) in [4.78, 5) is 37.3. The Bertz CT molecular complexity index is 1160. The third kappa shape index (κ3) is 6.02. The highest BCUT2D eigenvalue weighted by Crippen LogP contribution is 2.33. The number of rotatable bonds is 5. The van der Waals surface area contributed by atoms with E-state index in [2.05, 4.69) is 15.1 Å².